The van der Waals surface area contributed by atoms with E-state index in [1.54, 1.807) is 20.4 Å². The van der Waals surface area contributed by atoms with Crippen LogP contribution < -0.4 is 9.47 Å². The van der Waals surface area contributed by atoms with Crippen molar-refractivity contribution in [3.63, 3.8) is 0 Å². The second-order valence-corrected chi connectivity index (χ2v) is 8.28. The number of rotatable bonds is 7. The zero-order valence-corrected chi connectivity index (χ0v) is 18.0. The molecule has 1 unspecified atom stereocenters. The van der Waals surface area contributed by atoms with Crippen molar-refractivity contribution in [3.05, 3.63) is 41.2 Å². The van der Waals surface area contributed by atoms with Gasteiger partial charge in [-0.15, -0.1) is 0 Å². The Balaban J connectivity index is 2.03. The summed E-state index contributed by atoms with van der Waals surface area (Å²) < 4.78 is 26.0. The molecular weight excluding hydrogens is 376 g/mol. The van der Waals surface area contributed by atoms with Gasteiger partial charge in [-0.25, -0.2) is 4.98 Å². The Hall–Kier alpha value is -2.45. The summed E-state index contributed by atoms with van der Waals surface area (Å²) in [6.45, 7) is 4.47. The highest BCUT2D eigenvalue weighted by atomic mass is 32.2. The smallest absolute Gasteiger partial charge is 0.201 e. The predicted octanol–water partition coefficient (Wildman–Crippen LogP) is 2.89. The minimum atomic E-state index is -1.36. The van der Waals surface area contributed by atoms with E-state index in [2.05, 4.69) is 9.97 Å². The molecule has 0 radical (unpaired) electrons. The Bertz CT molecular complexity index is 1030. The number of aryl methyl sites for hydroxylation is 1. The van der Waals surface area contributed by atoms with Gasteiger partial charge in [-0.3, -0.25) is 14.1 Å². The van der Waals surface area contributed by atoms with E-state index < -0.39 is 10.8 Å². The van der Waals surface area contributed by atoms with Gasteiger partial charge < -0.3 is 14.0 Å². The highest BCUT2D eigenvalue weighted by molar-refractivity contribution is 7.84. The van der Waals surface area contributed by atoms with Crippen molar-refractivity contribution < 1.29 is 13.7 Å². The lowest BCUT2D eigenvalue weighted by atomic mass is 10.1. The van der Waals surface area contributed by atoms with E-state index in [9.17, 15) is 4.21 Å². The van der Waals surface area contributed by atoms with E-state index in [-0.39, 0.29) is 5.75 Å². The molecule has 2 heterocycles. The van der Waals surface area contributed by atoms with Gasteiger partial charge in [-0.2, -0.15) is 0 Å². The molecule has 7 nitrogen and oxygen atoms in total. The minimum absolute atomic E-state index is 0.274. The molecule has 1 atom stereocenters. The van der Waals surface area contributed by atoms with E-state index in [4.69, 9.17) is 9.47 Å². The molecule has 28 heavy (non-hydrogen) atoms. The molecule has 1 aromatic carbocycles. The molecule has 150 valence electrons. The Labute approximate surface area is 167 Å². The van der Waals surface area contributed by atoms with Gasteiger partial charge in [0.1, 0.15) is 11.5 Å². The van der Waals surface area contributed by atoms with Gasteiger partial charge in [0.05, 0.1) is 54.2 Å². The fraction of sp³-hybridized carbons (Fsp3) is 0.400. The predicted molar refractivity (Wildman–Crippen MR) is 110 cm³/mol. The lowest BCUT2D eigenvalue weighted by molar-refractivity contribution is 0.318. The molecule has 0 fully saturated rings. The summed E-state index contributed by atoms with van der Waals surface area (Å²) in [7, 11) is 5.84. The third-order valence-electron chi connectivity index (χ3n) is 4.57. The number of fused-ring (bicyclic) bond motifs is 1. The van der Waals surface area contributed by atoms with Gasteiger partial charge in [-0.05, 0) is 40.1 Å². The lowest BCUT2D eigenvalue weighted by Crippen LogP contribution is -2.19. The molecule has 0 N–H and O–H groups in total. The van der Waals surface area contributed by atoms with Crippen LogP contribution in [0.1, 0.15) is 16.8 Å². The van der Waals surface area contributed by atoms with E-state index in [1.807, 2.05) is 55.6 Å². The third-order valence-corrected chi connectivity index (χ3v) is 5.82. The monoisotopic (exact) mass is 402 g/mol. The number of hydrogen-bond donors (Lipinski definition) is 0. The maximum Gasteiger partial charge on any atom is 0.201 e. The first kappa shape index (κ1) is 20.3. The van der Waals surface area contributed by atoms with Crippen molar-refractivity contribution in [1.29, 1.82) is 0 Å². The number of hydrogen-bond acceptors (Lipinski definition) is 6. The van der Waals surface area contributed by atoms with Gasteiger partial charge in [-0.1, -0.05) is 0 Å². The first-order valence-corrected chi connectivity index (χ1v) is 10.2. The van der Waals surface area contributed by atoms with Crippen LogP contribution in [-0.2, 0) is 23.2 Å². The Morgan fingerprint density at radius 3 is 2.57 bits per heavy atom. The van der Waals surface area contributed by atoms with Gasteiger partial charge >= 0.3 is 0 Å². The topological polar surface area (TPSA) is 69.5 Å². The van der Waals surface area contributed by atoms with Crippen LogP contribution in [-0.4, -0.2) is 52.0 Å². The highest BCUT2D eigenvalue weighted by Crippen LogP contribution is 2.27. The van der Waals surface area contributed by atoms with Crippen LogP contribution in [0, 0.1) is 13.8 Å². The number of imidazole rings is 1. The summed E-state index contributed by atoms with van der Waals surface area (Å²) >= 11 is 0. The Morgan fingerprint density at radius 1 is 1.18 bits per heavy atom. The standard InChI is InChI=1S/C20H26N4O3S/c1-13-10-21-17(14(2)19(13)27-6)11-28(25)20-22-16-9-15(26-5)7-8-18(16)24(20)12-23(3)4/h7-10H,11-12H2,1-6H3. The summed E-state index contributed by atoms with van der Waals surface area (Å²) in [4.78, 5) is 11.2. The molecule has 3 rings (SSSR count). The lowest BCUT2D eigenvalue weighted by Gasteiger charge is -2.15. The van der Waals surface area contributed by atoms with Crippen LogP contribution in [0.2, 0.25) is 0 Å². The van der Waals surface area contributed by atoms with Crippen LogP contribution >= 0.6 is 0 Å². The van der Waals surface area contributed by atoms with Gasteiger partial charge in [0.2, 0.25) is 5.16 Å². The van der Waals surface area contributed by atoms with Crippen LogP contribution in [0.4, 0.5) is 0 Å². The largest absolute Gasteiger partial charge is 0.497 e. The molecule has 0 amide bonds. The van der Waals surface area contributed by atoms with Crippen molar-refractivity contribution in [2.24, 2.45) is 0 Å². The Morgan fingerprint density at radius 2 is 1.93 bits per heavy atom. The average molecular weight is 403 g/mol. The maximum atomic E-state index is 13.3. The fourth-order valence-corrected chi connectivity index (χ4v) is 4.48. The summed E-state index contributed by atoms with van der Waals surface area (Å²) in [6.07, 6.45) is 1.76. The summed E-state index contributed by atoms with van der Waals surface area (Å²) in [5.74, 6) is 1.78. The Kier molecular flexibility index (Phi) is 6.00. The molecule has 0 aliphatic heterocycles. The summed E-state index contributed by atoms with van der Waals surface area (Å²) in [6, 6.07) is 5.70. The molecule has 3 aromatic rings. The second-order valence-electron chi connectivity index (χ2n) is 6.93. The first-order valence-electron chi connectivity index (χ1n) is 8.92. The van der Waals surface area contributed by atoms with Gasteiger partial charge in [0, 0.05) is 23.4 Å². The number of methoxy groups -OCH3 is 2. The van der Waals surface area contributed by atoms with Crippen LogP contribution in [0.25, 0.3) is 11.0 Å². The highest BCUT2D eigenvalue weighted by Gasteiger charge is 2.20. The quantitative estimate of drug-likeness (QED) is 0.605. The normalized spacial score (nSPS) is 12.5. The molecule has 0 bridgehead atoms. The molecule has 0 aliphatic rings. The van der Waals surface area contributed by atoms with Gasteiger partial charge in [0.25, 0.3) is 0 Å². The molecule has 2 aromatic heterocycles. The zero-order chi connectivity index (χ0) is 20.4. The number of aromatic nitrogens is 3. The van der Waals surface area contributed by atoms with E-state index in [0.29, 0.717) is 11.8 Å². The molecular formula is C20H26N4O3S. The molecule has 0 aliphatic carbocycles. The summed E-state index contributed by atoms with van der Waals surface area (Å²) in [5, 5.41) is 0.526. The molecule has 0 spiro atoms. The van der Waals surface area contributed by atoms with E-state index >= 15 is 0 Å². The molecule has 0 saturated carbocycles. The SMILES string of the molecule is COc1ccc2c(c1)nc(S(=O)Cc1ncc(C)c(OC)c1C)n2CN(C)C. The molecule has 8 heteroatoms. The molecule has 0 saturated heterocycles. The van der Waals surface area contributed by atoms with Crippen molar-refractivity contribution >= 4 is 21.8 Å². The van der Waals surface area contributed by atoms with Crippen LogP contribution in [0.5, 0.6) is 11.5 Å². The van der Waals surface area contributed by atoms with Crippen LogP contribution in [0.15, 0.2) is 29.6 Å². The summed E-state index contributed by atoms with van der Waals surface area (Å²) in [5.41, 5.74) is 4.30. The van der Waals surface area contributed by atoms with Crippen molar-refractivity contribution in [2.75, 3.05) is 28.3 Å². The maximum absolute atomic E-state index is 13.3. The third kappa shape index (κ3) is 3.88. The van der Waals surface area contributed by atoms with Gasteiger partial charge in [0.15, 0.2) is 0 Å². The van der Waals surface area contributed by atoms with E-state index in [1.165, 1.54) is 0 Å². The number of benzene rings is 1. The van der Waals surface area contributed by atoms with Crippen LogP contribution in [0.3, 0.4) is 0 Å². The second kappa shape index (κ2) is 8.28. The number of pyridine rings is 1. The number of nitrogens with zero attached hydrogens (tertiary/aromatic N) is 4. The zero-order valence-electron chi connectivity index (χ0n) is 17.1. The first-order chi connectivity index (χ1) is 13.3. The number of ether oxygens (including phenoxy) is 2. The van der Waals surface area contributed by atoms with Crippen molar-refractivity contribution in [3.8, 4) is 11.5 Å². The average Bonchev–Trinajstić information content (AvgIpc) is 3.01. The van der Waals surface area contributed by atoms with Crippen molar-refractivity contribution in [1.82, 2.24) is 19.4 Å². The fourth-order valence-electron chi connectivity index (χ4n) is 3.21. The van der Waals surface area contributed by atoms with E-state index in [0.717, 1.165) is 39.4 Å². The minimum Gasteiger partial charge on any atom is -0.497 e. The van der Waals surface area contributed by atoms with Crippen molar-refractivity contribution in [2.45, 2.75) is 31.4 Å².